The smallest absolute Gasteiger partial charge is 0.242 e. The van der Waals surface area contributed by atoms with E-state index in [0.29, 0.717) is 41.7 Å². The zero-order chi connectivity index (χ0) is 25.7. The Morgan fingerprint density at radius 1 is 1.11 bits per heavy atom. The van der Waals surface area contributed by atoms with Crippen molar-refractivity contribution in [2.24, 2.45) is 26.1 Å². The Labute approximate surface area is 206 Å². The van der Waals surface area contributed by atoms with Gasteiger partial charge in [0, 0.05) is 30.7 Å². The summed E-state index contributed by atoms with van der Waals surface area (Å²) in [6.45, 7) is 0.648. The number of hydrogen-bond acceptors (Lipinski definition) is 11. The summed E-state index contributed by atoms with van der Waals surface area (Å²) in [4.78, 5) is 10.2. The lowest BCUT2D eigenvalue weighted by atomic mass is 9.97. The number of nitrogens with one attached hydrogen (secondary N) is 3. The maximum Gasteiger partial charge on any atom is 0.242 e. The Balaban J connectivity index is 1.75. The molecule has 0 bridgehead atoms. The highest BCUT2D eigenvalue weighted by molar-refractivity contribution is 7.92. The number of fused-ring (bicyclic) bond motifs is 1. The normalized spacial score (nSPS) is 20.3. The van der Waals surface area contributed by atoms with Crippen LogP contribution in [0.5, 0.6) is 0 Å². The summed E-state index contributed by atoms with van der Waals surface area (Å²) in [5.74, 6) is 0.102. The number of primary sulfonamides is 1. The molecule has 1 fully saturated rings. The molecule has 5 rings (SSSR count). The van der Waals surface area contributed by atoms with Crippen LogP contribution in [0.1, 0.15) is 12.0 Å². The summed E-state index contributed by atoms with van der Waals surface area (Å²) in [7, 11) is -8.94. The van der Waals surface area contributed by atoms with Crippen molar-refractivity contribution in [1.29, 1.82) is 0 Å². The van der Waals surface area contributed by atoms with Gasteiger partial charge < -0.3 is 21.8 Å². The topological polar surface area (TPSA) is 236 Å². The Morgan fingerprint density at radius 3 is 2.58 bits per heavy atom. The number of nitrogen functional groups attached to an aromatic ring is 1. The Kier molecular flexibility index (Phi) is 6.09. The molecule has 0 spiro atoms. The standard InChI is InChI=1S/C20H24N10O4S2/c21-7-10-6-11(8-24-10)30-36(33,34)15-5-4-12(13-2-1-3-14-17(13)28-20(22)27-14)16(18(15)35(23,31)32)19-25-9-26-29-19/h1-5,10-11,24,30H,6-9,21H2,(H3,22,27,28)(H2,23,31,32)/t10-,11+/m0/s1. The number of aromatic nitrogens is 2. The quantitative estimate of drug-likeness (QED) is 0.233. The third-order valence-corrected chi connectivity index (χ3v) is 8.70. The van der Waals surface area contributed by atoms with Gasteiger partial charge in [0.15, 0.2) is 18.5 Å². The number of hydrogen-bond donors (Lipinski definition) is 6. The number of rotatable bonds is 7. The van der Waals surface area contributed by atoms with E-state index in [9.17, 15) is 16.8 Å². The van der Waals surface area contributed by atoms with Crippen molar-refractivity contribution >= 4 is 42.9 Å². The molecule has 190 valence electrons. The van der Waals surface area contributed by atoms with Gasteiger partial charge in [0.25, 0.3) is 0 Å². The average molecular weight is 533 g/mol. The molecule has 0 aliphatic carbocycles. The lowest BCUT2D eigenvalue weighted by Crippen LogP contribution is -2.37. The lowest BCUT2D eigenvalue weighted by molar-refractivity contribution is 0.550. The van der Waals surface area contributed by atoms with Gasteiger partial charge in [0.2, 0.25) is 20.0 Å². The monoisotopic (exact) mass is 532 g/mol. The Hall–Kier alpha value is -3.28. The van der Waals surface area contributed by atoms with Crippen LogP contribution in [0.2, 0.25) is 0 Å². The molecule has 3 heterocycles. The minimum absolute atomic E-state index is 0.0398. The van der Waals surface area contributed by atoms with Gasteiger partial charge in [-0.2, -0.15) is 5.11 Å². The summed E-state index contributed by atoms with van der Waals surface area (Å²) in [6.07, 6.45) is 0.453. The van der Waals surface area contributed by atoms with Crippen molar-refractivity contribution in [1.82, 2.24) is 20.0 Å². The predicted octanol–water partition coefficient (Wildman–Crippen LogP) is -0.403. The lowest BCUT2D eigenvalue weighted by Gasteiger charge is -2.19. The molecule has 2 aliphatic heterocycles. The highest BCUT2D eigenvalue weighted by Crippen LogP contribution is 2.37. The first kappa shape index (κ1) is 24.4. The van der Waals surface area contributed by atoms with Crippen LogP contribution in [0.4, 0.5) is 5.95 Å². The molecule has 1 saturated heterocycles. The second kappa shape index (κ2) is 8.99. The number of aliphatic imine (C=N–C) groups is 1. The molecule has 0 radical (unpaired) electrons. The van der Waals surface area contributed by atoms with Crippen molar-refractivity contribution in [2.45, 2.75) is 28.3 Å². The van der Waals surface area contributed by atoms with E-state index in [1.165, 1.54) is 12.1 Å². The van der Waals surface area contributed by atoms with E-state index in [0.717, 1.165) is 0 Å². The highest BCUT2D eigenvalue weighted by atomic mass is 32.2. The van der Waals surface area contributed by atoms with Crippen LogP contribution < -0.4 is 26.6 Å². The minimum Gasteiger partial charge on any atom is -0.369 e. The van der Waals surface area contributed by atoms with E-state index < -0.39 is 35.9 Å². The van der Waals surface area contributed by atoms with Crippen LogP contribution in [-0.2, 0) is 20.0 Å². The van der Waals surface area contributed by atoms with Crippen molar-refractivity contribution in [3.8, 4) is 11.1 Å². The number of nitrogens with zero attached hydrogens (tertiary/aromatic N) is 4. The first-order chi connectivity index (χ1) is 17.1. The van der Waals surface area contributed by atoms with Crippen LogP contribution in [0.25, 0.3) is 22.2 Å². The number of H-pyrrole nitrogens is 1. The van der Waals surface area contributed by atoms with Crippen molar-refractivity contribution in [3.63, 3.8) is 0 Å². The molecule has 2 atom stereocenters. The molecule has 14 nitrogen and oxygen atoms in total. The first-order valence-corrected chi connectivity index (χ1v) is 13.9. The third-order valence-electron chi connectivity index (χ3n) is 6.02. The summed E-state index contributed by atoms with van der Waals surface area (Å²) in [5.41, 5.74) is 13.3. The number of anilines is 1. The van der Waals surface area contributed by atoms with Gasteiger partial charge in [-0.3, -0.25) is 0 Å². The van der Waals surface area contributed by atoms with Crippen LogP contribution in [0.3, 0.4) is 0 Å². The van der Waals surface area contributed by atoms with Crippen molar-refractivity contribution in [3.05, 3.63) is 35.9 Å². The fourth-order valence-corrected chi connectivity index (χ4v) is 7.35. The zero-order valence-corrected chi connectivity index (χ0v) is 20.5. The summed E-state index contributed by atoms with van der Waals surface area (Å²) in [5, 5.41) is 16.5. The molecule has 0 saturated carbocycles. The number of para-hydroxylation sites is 1. The first-order valence-electron chi connectivity index (χ1n) is 10.9. The Bertz CT molecular complexity index is 1630. The SMILES string of the molecule is NC[C@@H]1C[C@@H](NS(=O)(=O)c2ccc(-c3cccc4[nH]c(N)nc34)c(C3=NCN=N3)c2S(N)(=O)=O)CN1. The molecular formula is C20H24N10O4S2. The fourth-order valence-electron chi connectivity index (χ4n) is 4.50. The van der Waals surface area contributed by atoms with E-state index in [1.54, 1.807) is 18.2 Å². The summed E-state index contributed by atoms with van der Waals surface area (Å²) < 4.78 is 55.4. The van der Waals surface area contributed by atoms with Crippen LogP contribution >= 0.6 is 0 Å². The maximum absolute atomic E-state index is 13.5. The van der Waals surface area contributed by atoms with Gasteiger partial charge >= 0.3 is 0 Å². The molecule has 2 aliphatic rings. The predicted molar refractivity (Wildman–Crippen MR) is 133 cm³/mol. The average Bonchev–Trinajstić information content (AvgIpc) is 3.57. The number of sulfonamides is 2. The summed E-state index contributed by atoms with van der Waals surface area (Å²) >= 11 is 0. The number of imidazole rings is 1. The molecule has 16 heteroatoms. The third kappa shape index (κ3) is 4.38. The fraction of sp³-hybridized carbons (Fsp3) is 0.300. The second-order valence-electron chi connectivity index (χ2n) is 8.44. The van der Waals surface area contributed by atoms with Gasteiger partial charge in [-0.15, -0.1) is 5.11 Å². The number of aromatic amines is 1. The molecule has 2 aromatic carbocycles. The molecule has 9 N–H and O–H groups in total. The number of amidine groups is 1. The largest absolute Gasteiger partial charge is 0.369 e. The molecular weight excluding hydrogens is 508 g/mol. The van der Waals surface area contributed by atoms with E-state index >= 15 is 0 Å². The van der Waals surface area contributed by atoms with Gasteiger partial charge in [0.05, 0.1) is 16.6 Å². The molecule has 3 aromatic rings. The van der Waals surface area contributed by atoms with Gasteiger partial charge in [0.1, 0.15) is 9.79 Å². The van der Waals surface area contributed by atoms with E-state index in [4.69, 9.17) is 16.6 Å². The van der Waals surface area contributed by atoms with E-state index in [-0.39, 0.29) is 30.1 Å². The highest BCUT2D eigenvalue weighted by Gasteiger charge is 2.35. The molecule has 36 heavy (non-hydrogen) atoms. The molecule has 0 amide bonds. The number of azo groups is 1. The van der Waals surface area contributed by atoms with Crippen LogP contribution in [0, 0.1) is 0 Å². The Morgan fingerprint density at radius 2 is 1.92 bits per heavy atom. The summed E-state index contributed by atoms with van der Waals surface area (Å²) in [6, 6.07) is 7.32. The van der Waals surface area contributed by atoms with E-state index in [1.807, 2.05) is 0 Å². The number of nitrogens with two attached hydrogens (primary N) is 3. The van der Waals surface area contributed by atoms with Crippen molar-refractivity contribution < 1.29 is 16.8 Å². The van der Waals surface area contributed by atoms with E-state index in [2.05, 4.69) is 35.2 Å². The van der Waals surface area contributed by atoms with Crippen molar-refractivity contribution in [2.75, 3.05) is 25.5 Å². The number of benzene rings is 2. The zero-order valence-electron chi connectivity index (χ0n) is 18.8. The maximum atomic E-state index is 13.5. The van der Waals surface area contributed by atoms with Gasteiger partial charge in [-0.1, -0.05) is 18.2 Å². The molecule has 1 aromatic heterocycles. The minimum atomic E-state index is -4.60. The molecule has 0 unspecified atom stereocenters. The van der Waals surface area contributed by atoms with Crippen LogP contribution in [-0.4, -0.2) is 64.5 Å². The van der Waals surface area contributed by atoms with Gasteiger partial charge in [-0.05, 0) is 24.1 Å². The van der Waals surface area contributed by atoms with Crippen LogP contribution in [0.15, 0.2) is 55.3 Å². The second-order valence-corrected chi connectivity index (χ2v) is 11.6. The van der Waals surface area contributed by atoms with Gasteiger partial charge in [-0.25, -0.2) is 36.7 Å².